The topological polar surface area (TPSA) is 12.4 Å². The highest BCUT2D eigenvalue weighted by atomic mass is 14.6. The second-order valence-corrected chi connectivity index (χ2v) is 2.74. The Hall–Kier alpha value is -0.330. The maximum Gasteiger partial charge on any atom is 0.0273 e. The Bertz CT molecular complexity index is 90.6. The lowest BCUT2D eigenvalue weighted by Crippen LogP contribution is -2.21. The predicted octanol–water partition coefficient (Wildman–Crippen LogP) is 1.73. The first-order valence-electron chi connectivity index (χ1n) is 3.25. The molecular formula is C7H13N. The molecule has 1 aliphatic rings. The fraction of sp³-hybridized carbons (Fsp3) is 0.857. The number of rotatable bonds is 1. The summed E-state index contributed by atoms with van der Waals surface area (Å²) in [5.74, 6) is 1.77. The molecule has 0 heterocycles. The van der Waals surface area contributed by atoms with Crippen LogP contribution in [0.3, 0.4) is 0 Å². The van der Waals surface area contributed by atoms with E-state index in [9.17, 15) is 0 Å². The van der Waals surface area contributed by atoms with Gasteiger partial charge in [0.1, 0.15) is 0 Å². The summed E-state index contributed by atoms with van der Waals surface area (Å²) in [6.07, 6.45) is 4.79. The molecule has 0 bridgehead atoms. The molecule has 1 fully saturated rings. The highest BCUT2D eigenvalue weighted by Gasteiger charge is 2.22. The first-order valence-corrected chi connectivity index (χ1v) is 3.25. The Labute approximate surface area is 50.8 Å². The lowest BCUT2D eigenvalue weighted by molar-refractivity contribution is 0.286. The van der Waals surface area contributed by atoms with Crippen LogP contribution < -0.4 is 0 Å². The molecule has 1 aliphatic carbocycles. The first-order chi connectivity index (χ1) is 3.83. The Kier molecular flexibility index (Phi) is 1.66. The minimum Gasteiger partial charge on any atom is -0.301 e. The molecule has 0 saturated heterocycles. The van der Waals surface area contributed by atoms with Crippen LogP contribution in [0.15, 0.2) is 4.99 Å². The summed E-state index contributed by atoms with van der Waals surface area (Å²) in [6, 6.07) is 0. The van der Waals surface area contributed by atoms with E-state index >= 15 is 0 Å². The predicted molar refractivity (Wildman–Crippen MR) is 36.3 cm³/mol. The molecule has 0 aromatic rings. The molecule has 0 radical (unpaired) electrons. The first kappa shape index (κ1) is 5.80. The zero-order valence-corrected chi connectivity index (χ0v) is 5.59. The van der Waals surface area contributed by atoms with E-state index < -0.39 is 0 Å². The highest BCUT2D eigenvalue weighted by Crippen LogP contribution is 2.31. The monoisotopic (exact) mass is 111 g/mol. The van der Waals surface area contributed by atoms with Gasteiger partial charge in [0.05, 0.1) is 0 Å². The molecule has 1 rings (SSSR count). The van der Waals surface area contributed by atoms with Crippen molar-refractivity contribution in [2.75, 3.05) is 7.05 Å². The summed E-state index contributed by atoms with van der Waals surface area (Å²) in [4.78, 5) is 3.97. The third-order valence-electron chi connectivity index (χ3n) is 1.77. The van der Waals surface area contributed by atoms with E-state index in [0.717, 1.165) is 11.8 Å². The van der Waals surface area contributed by atoms with Gasteiger partial charge in [-0.2, -0.15) is 0 Å². The van der Waals surface area contributed by atoms with Crippen LogP contribution in [0, 0.1) is 11.8 Å². The van der Waals surface area contributed by atoms with Crippen LogP contribution in [-0.4, -0.2) is 13.3 Å². The van der Waals surface area contributed by atoms with Gasteiger partial charge in [0, 0.05) is 13.3 Å². The van der Waals surface area contributed by atoms with Gasteiger partial charge in [-0.15, -0.1) is 0 Å². The van der Waals surface area contributed by atoms with E-state index in [0.29, 0.717) is 0 Å². The van der Waals surface area contributed by atoms with Crippen LogP contribution in [0.5, 0.6) is 0 Å². The fourth-order valence-corrected chi connectivity index (χ4v) is 1.30. The molecule has 0 amide bonds. The Morgan fingerprint density at radius 2 is 2.12 bits per heavy atom. The largest absolute Gasteiger partial charge is 0.301 e. The van der Waals surface area contributed by atoms with Crippen molar-refractivity contribution in [3.63, 3.8) is 0 Å². The second-order valence-electron chi connectivity index (χ2n) is 2.74. The summed E-state index contributed by atoms with van der Waals surface area (Å²) < 4.78 is 0. The lowest BCUT2D eigenvalue weighted by Gasteiger charge is -2.29. The Balaban J connectivity index is 2.15. The lowest BCUT2D eigenvalue weighted by atomic mass is 9.77. The number of hydrogen-bond donors (Lipinski definition) is 0. The summed E-state index contributed by atoms with van der Waals surface area (Å²) in [6.45, 7) is 2.29. The van der Waals surface area contributed by atoms with E-state index in [1.807, 2.05) is 7.05 Å². The summed E-state index contributed by atoms with van der Waals surface area (Å²) in [5.41, 5.74) is 0. The van der Waals surface area contributed by atoms with Crippen LogP contribution in [-0.2, 0) is 0 Å². The molecule has 0 N–H and O–H groups in total. The molecule has 0 aromatic heterocycles. The molecule has 0 spiro atoms. The smallest absolute Gasteiger partial charge is 0.0273 e. The quantitative estimate of drug-likeness (QED) is 0.457. The van der Waals surface area contributed by atoms with E-state index in [1.54, 1.807) is 0 Å². The summed E-state index contributed by atoms with van der Waals surface area (Å²) >= 11 is 0. The van der Waals surface area contributed by atoms with Crippen molar-refractivity contribution >= 4 is 6.21 Å². The van der Waals surface area contributed by atoms with Crippen molar-refractivity contribution in [1.29, 1.82) is 0 Å². The van der Waals surface area contributed by atoms with Crippen LogP contribution in [0.25, 0.3) is 0 Å². The van der Waals surface area contributed by atoms with Gasteiger partial charge in [-0.05, 0) is 24.7 Å². The van der Waals surface area contributed by atoms with Crippen LogP contribution in [0.2, 0.25) is 0 Å². The van der Waals surface area contributed by atoms with Crippen LogP contribution in [0.4, 0.5) is 0 Å². The molecular weight excluding hydrogens is 98.1 g/mol. The second kappa shape index (κ2) is 2.29. The number of hydrogen-bond acceptors (Lipinski definition) is 1. The fourth-order valence-electron chi connectivity index (χ4n) is 1.30. The van der Waals surface area contributed by atoms with Crippen molar-refractivity contribution < 1.29 is 0 Å². The zero-order chi connectivity index (χ0) is 5.98. The van der Waals surface area contributed by atoms with Gasteiger partial charge in [-0.25, -0.2) is 0 Å². The maximum absolute atomic E-state index is 3.97. The zero-order valence-electron chi connectivity index (χ0n) is 5.59. The minimum atomic E-state index is 0.815. The van der Waals surface area contributed by atoms with E-state index in [2.05, 4.69) is 18.1 Å². The molecule has 0 aromatic carbocycles. The van der Waals surface area contributed by atoms with Gasteiger partial charge in [0.15, 0.2) is 0 Å². The standard InChI is InChI=1S/C7H13N/c1-6-3-7(4-6)5-8-2/h5-7H,3-4H2,1-2H3. The van der Waals surface area contributed by atoms with Crippen LogP contribution in [0.1, 0.15) is 19.8 Å². The highest BCUT2D eigenvalue weighted by molar-refractivity contribution is 5.61. The maximum atomic E-state index is 3.97. The molecule has 1 nitrogen and oxygen atoms in total. The van der Waals surface area contributed by atoms with E-state index in [-0.39, 0.29) is 0 Å². The van der Waals surface area contributed by atoms with Gasteiger partial charge in [0.25, 0.3) is 0 Å². The van der Waals surface area contributed by atoms with E-state index in [4.69, 9.17) is 0 Å². The molecule has 0 aliphatic heterocycles. The molecule has 1 saturated carbocycles. The van der Waals surface area contributed by atoms with Gasteiger partial charge in [-0.1, -0.05) is 6.92 Å². The van der Waals surface area contributed by atoms with Crippen molar-refractivity contribution in [3.05, 3.63) is 0 Å². The Morgan fingerprint density at radius 1 is 1.50 bits per heavy atom. The average Bonchev–Trinajstić information content (AvgIpc) is 1.64. The van der Waals surface area contributed by atoms with Gasteiger partial charge in [0.2, 0.25) is 0 Å². The third kappa shape index (κ3) is 1.09. The van der Waals surface area contributed by atoms with Gasteiger partial charge >= 0.3 is 0 Å². The van der Waals surface area contributed by atoms with E-state index in [1.165, 1.54) is 12.8 Å². The average molecular weight is 111 g/mol. The summed E-state index contributed by atoms with van der Waals surface area (Å²) in [7, 11) is 1.85. The SMILES string of the molecule is CN=CC1CC(C)C1. The van der Waals surface area contributed by atoms with Gasteiger partial charge in [-0.3, -0.25) is 0 Å². The van der Waals surface area contributed by atoms with Crippen LogP contribution >= 0.6 is 0 Å². The van der Waals surface area contributed by atoms with Gasteiger partial charge < -0.3 is 4.99 Å². The van der Waals surface area contributed by atoms with Crippen molar-refractivity contribution in [2.45, 2.75) is 19.8 Å². The number of aliphatic imine (C=N–C) groups is 1. The molecule has 46 valence electrons. The molecule has 1 heteroatoms. The normalized spacial score (nSPS) is 37.8. The van der Waals surface area contributed by atoms with Crippen molar-refractivity contribution in [1.82, 2.24) is 0 Å². The Morgan fingerprint density at radius 3 is 2.50 bits per heavy atom. The molecule has 0 unspecified atom stereocenters. The molecule has 8 heavy (non-hydrogen) atoms. The molecule has 0 atom stereocenters. The van der Waals surface area contributed by atoms with Crippen molar-refractivity contribution in [2.24, 2.45) is 16.8 Å². The van der Waals surface area contributed by atoms with Crippen molar-refractivity contribution in [3.8, 4) is 0 Å². The minimum absolute atomic E-state index is 0.815. The third-order valence-corrected chi connectivity index (χ3v) is 1.77. The number of nitrogens with zero attached hydrogens (tertiary/aromatic N) is 1. The summed E-state index contributed by atoms with van der Waals surface area (Å²) in [5, 5.41) is 0.